The lowest BCUT2D eigenvalue weighted by molar-refractivity contribution is 0.0698. The molecular weight excluding hydrogens is 352 g/mol. The molecule has 2 aliphatic rings. The molecule has 5 rings (SSSR count). The average molecular weight is 378 g/mol. The van der Waals surface area contributed by atoms with Gasteiger partial charge in [-0.3, -0.25) is 4.79 Å². The van der Waals surface area contributed by atoms with Crippen molar-refractivity contribution in [3.8, 4) is 0 Å². The van der Waals surface area contributed by atoms with Crippen molar-refractivity contribution in [2.45, 2.75) is 51.2 Å². The van der Waals surface area contributed by atoms with Crippen molar-refractivity contribution < 1.29 is 4.74 Å². The number of benzene rings is 1. The molecule has 1 fully saturated rings. The van der Waals surface area contributed by atoms with E-state index in [2.05, 4.69) is 28.9 Å². The number of imidazole rings is 1. The van der Waals surface area contributed by atoms with Gasteiger partial charge in [0.15, 0.2) is 0 Å². The number of ether oxygens (including phenoxy) is 1. The zero-order chi connectivity index (χ0) is 19.1. The Balaban J connectivity index is 1.66. The molecule has 0 spiro atoms. The van der Waals surface area contributed by atoms with Gasteiger partial charge in [-0.25, -0.2) is 4.98 Å². The summed E-state index contributed by atoms with van der Waals surface area (Å²) in [7, 11) is 0. The highest BCUT2D eigenvalue weighted by Crippen LogP contribution is 2.35. The van der Waals surface area contributed by atoms with Gasteiger partial charge in [0.25, 0.3) is 5.56 Å². The number of fused-ring (bicyclic) bond motifs is 3. The minimum absolute atomic E-state index is 0.00519. The van der Waals surface area contributed by atoms with E-state index in [-0.39, 0.29) is 5.56 Å². The van der Waals surface area contributed by atoms with Gasteiger partial charge < -0.3 is 19.2 Å². The van der Waals surface area contributed by atoms with Crippen LogP contribution in [0.25, 0.3) is 11.0 Å². The van der Waals surface area contributed by atoms with Crippen LogP contribution in [-0.2, 0) is 17.7 Å². The molecule has 0 aliphatic carbocycles. The Morgan fingerprint density at radius 1 is 1.18 bits per heavy atom. The third-order valence-corrected chi connectivity index (χ3v) is 6.04. The van der Waals surface area contributed by atoms with E-state index in [4.69, 9.17) is 9.72 Å². The van der Waals surface area contributed by atoms with Gasteiger partial charge in [0, 0.05) is 48.8 Å². The topological polar surface area (TPSA) is 61.1 Å². The summed E-state index contributed by atoms with van der Waals surface area (Å²) in [6.45, 7) is 4.27. The molecule has 3 aromatic rings. The summed E-state index contributed by atoms with van der Waals surface area (Å²) in [6.07, 6.45) is 5.96. The van der Waals surface area contributed by atoms with Crippen molar-refractivity contribution in [2.75, 3.05) is 18.5 Å². The highest BCUT2D eigenvalue weighted by molar-refractivity contribution is 5.86. The summed E-state index contributed by atoms with van der Waals surface area (Å²) < 4.78 is 9.70. The van der Waals surface area contributed by atoms with Crippen LogP contribution in [0.2, 0.25) is 0 Å². The molecule has 6 heteroatoms. The summed E-state index contributed by atoms with van der Waals surface area (Å²) in [5, 5.41) is 3.59. The van der Waals surface area contributed by atoms with Gasteiger partial charge in [0.1, 0.15) is 5.82 Å². The lowest BCUT2D eigenvalue weighted by Gasteiger charge is -2.27. The first-order valence-electron chi connectivity index (χ1n) is 10.2. The lowest BCUT2D eigenvalue weighted by atomic mass is 9.97. The van der Waals surface area contributed by atoms with Crippen molar-refractivity contribution in [3.05, 3.63) is 58.3 Å². The highest BCUT2D eigenvalue weighted by Gasteiger charge is 2.25. The van der Waals surface area contributed by atoms with E-state index in [0.717, 1.165) is 50.2 Å². The summed E-state index contributed by atoms with van der Waals surface area (Å²) in [5.74, 6) is 0.960. The number of hydrogen-bond donors (Lipinski definition) is 1. The second kappa shape index (κ2) is 7.09. The fourth-order valence-corrected chi connectivity index (χ4v) is 4.56. The first-order chi connectivity index (χ1) is 13.7. The quantitative estimate of drug-likeness (QED) is 0.759. The Hall–Kier alpha value is -2.60. The van der Waals surface area contributed by atoms with Crippen LogP contribution in [0.4, 0.5) is 5.69 Å². The molecule has 0 bridgehead atoms. The van der Waals surface area contributed by atoms with Crippen LogP contribution in [0.5, 0.6) is 0 Å². The van der Waals surface area contributed by atoms with Crippen LogP contribution < -0.4 is 10.9 Å². The van der Waals surface area contributed by atoms with Crippen LogP contribution >= 0.6 is 0 Å². The van der Waals surface area contributed by atoms with E-state index in [0.29, 0.717) is 18.6 Å². The Morgan fingerprint density at radius 2 is 2.04 bits per heavy atom. The Kier molecular flexibility index (Phi) is 4.43. The zero-order valence-electron chi connectivity index (χ0n) is 16.2. The number of nitrogens with one attached hydrogen (secondary N) is 1. The van der Waals surface area contributed by atoms with Crippen molar-refractivity contribution in [1.82, 2.24) is 14.1 Å². The van der Waals surface area contributed by atoms with E-state index >= 15 is 0 Å². The van der Waals surface area contributed by atoms with E-state index < -0.39 is 0 Å². The van der Waals surface area contributed by atoms with Crippen LogP contribution in [0.3, 0.4) is 0 Å². The second-order valence-electron chi connectivity index (χ2n) is 7.95. The molecule has 28 heavy (non-hydrogen) atoms. The minimum atomic E-state index is 0.00519. The first-order valence-corrected chi connectivity index (χ1v) is 10.2. The Bertz CT molecular complexity index is 1060. The summed E-state index contributed by atoms with van der Waals surface area (Å²) in [5.41, 5.74) is 4.78. The average Bonchev–Trinajstić information content (AvgIpc) is 3.08. The van der Waals surface area contributed by atoms with Gasteiger partial charge in [0.05, 0.1) is 17.6 Å². The van der Waals surface area contributed by atoms with Crippen LogP contribution in [0, 0.1) is 0 Å². The Labute approximate surface area is 164 Å². The number of nitrogens with zero attached hydrogens (tertiary/aromatic N) is 3. The number of aromatic nitrogens is 3. The van der Waals surface area contributed by atoms with E-state index in [9.17, 15) is 4.79 Å². The Morgan fingerprint density at radius 3 is 2.86 bits per heavy atom. The second-order valence-corrected chi connectivity index (χ2v) is 7.95. The van der Waals surface area contributed by atoms with Gasteiger partial charge in [-0.2, -0.15) is 0 Å². The van der Waals surface area contributed by atoms with Gasteiger partial charge in [0.2, 0.25) is 0 Å². The summed E-state index contributed by atoms with van der Waals surface area (Å²) in [6, 6.07) is 10.5. The number of anilines is 1. The van der Waals surface area contributed by atoms with Crippen molar-refractivity contribution >= 4 is 16.7 Å². The number of rotatable bonds is 3. The third-order valence-electron chi connectivity index (χ3n) is 6.04. The lowest BCUT2D eigenvalue weighted by Crippen LogP contribution is -2.25. The molecule has 0 saturated carbocycles. The fourth-order valence-electron chi connectivity index (χ4n) is 4.56. The number of hydrogen-bond acceptors (Lipinski definition) is 4. The first kappa shape index (κ1) is 17.5. The third kappa shape index (κ3) is 3.02. The van der Waals surface area contributed by atoms with Gasteiger partial charge >= 0.3 is 0 Å². The van der Waals surface area contributed by atoms with Gasteiger partial charge in [-0.1, -0.05) is 6.07 Å². The molecular formula is C22H26N4O2. The van der Waals surface area contributed by atoms with Crippen molar-refractivity contribution in [1.29, 1.82) is 0 Å². The summed E-state index contributed by atoms with van der Waals surface area (Å²) in [4.78, 5) is 17.4. The molecule has 1 saturated heterocycles. The van der Waals surface area contributed by atoms with E-state index in [1.165, 1.54) is 16.8 Å². The molecule has 0 radical (unpaired) electrons. The molecule has 0 unspecified atom stereocenters. The molecule has 0 amide bonds. The maximum absolute atomic E-state index is 12.3. The molecule has 1 atom stereocenters. The van der Waals surface area contributed by atoms with Crippen LogP contribution in [0.15, 0.2) is 41.3 Å². The molecule has 146 valence electrons. The van der Waals surface area contributed by atoms with Crippen LogP contribution in [0.1, 0.15) is 43.6 Å². The van der Waals surface area contributed by atoms with Crippen molar-refractivity contribution in [3.63, 3.8) is 0 Å². The number of pyridine rings is 1. The van der Waals surface area contributed by atoms with Crippen LogP contribution in [-0.4, -0.2) is 33.4 Å². The fraction of sp³-hybridized carbons (Fsp3) is 0.455. The highest BCUT2D eigenvalue weighted by atomic mass is 16.5. The molecule has 6 nitrogen and oxygen atoms in total. The zero-order valence-corrected chi connectivity index (χ0v) is 16.2. The largest absolute Gasteiger partial charge is 0.382 e. The minimum Gasteiger partial charge on any atom is -0.382 e. The van der Waals surface area contributed by atoms with E-state index in [1.54, 1.807) is 16.7 Å². The maximum Gasteiger partial charge on any atom is 0.250 e. The molecule has 1 aromatic carbocycles. The smallest absolute Gasteiger partial charge is 0.250 e. The van der Waals surface area contributed by atoms with Crippen molar-refractivity contribution in [2.24, 2.45) is 0 Å². The molecule has 1 N–H and O–H groups in total. The van der Waals surface area contributed by atoms with E-state index in [1.807, 2.05) is 12.3 Å². The predicted octanol–water partition coefficient (Wildman–Crippen LogP) is 3.34. The number of aryl methyl sites for hydroxylation is 1. The predicted molar refractivity (Wildman–Crippen MR) is 110 cm³/mol. The summed E-state index contributed by atoms with van der Waals surface area (Å²) >= 11 is 0. The SMILES string of the molecule is C[C@H]1CCc2c(ccc3c2nc(Cn2ccccc2=O)n3C2CCOCC2)N1. The maximum atomic E-state index is 12.3. The molecule has 4 heterocycles. The van der Waals surface area contributed by atoms with Gasteiger partial charge in [-0.15, -0.1) is 0 Å². The molecule has 2 aromatic heterocycles. The molecule has 2 aliphatic heterocycles. The monoisotopic (exact) mass is 378 g/mol. The normalized spacial score (nSPS) is 20.1. The standard InChI is InChI=1S/C22H26N4O2/c1-15-5-6-17-18(23-15)7-8-19-22(17)24-20(14-25-11-3-2-4-21(25)27)26(19)16-9-12-28-13-10-16/h2-4,7-8,11,15-16,23H,5-6,9-10,12-14H2,1H3/t15-/m0/s1. The van der Waals surface area contributed by atoms with Gasteiger partial charge in [-0.05, 0) is 50.8 Å².